The first-order valence-electron chi connectivity index (χ1n) is 8.72. The number of methoxy groups -OCH3 is 1. The summed E-state index contributed by atoms with van der Waals surface area (Å²) >= 11 is 0. The van der Waals surface area contributed by atoms with E-state index in [1.165, 1.54) is 16.9 Å². The quantitative estimate of drug-likeness (QED) is 0.699. The molecule has 0 unspecified atom stereocenters. The summed E-state index contributed by atoms with van der Waals surface area (Å²) in [5.41, 5.74) is 2.90. The molecule has 0 saturated carbocycles. The molecule has 146 valence electrons. The van der Waals surface area contributed by atoms with Gasteiger partial charge in [0.1, 0.15) is 13.1 Å². The summed E-state index contributed by atoms with van der Waals surface area (Å²) < 4.78 is 9.51. The van der Waals surface area contributed by atoms with Gasteiger partial charge in [0.05, 0.1) is 31.5 Å². The fourth-order valence-electron chi connectivity index (χ4n) is 2.84. The zero-order valence-electron chi connectivity index (χ0n) is 16.0. The summed E-state index contributed by atoms with van der Waals surface area (Å²) in [5, 5.41) is 0. The van der Waals surface area contributed by atoms with E-state index >= 15 is 0 Å². The third-order valence-electron chi connectivity index (χ3n) is 4.43. The SMILES string of the molecule is CCOC(=O)CN1C(=O)CN(C(=O)CCC(=O)OC)c2cc(C)c(C)cc21. The van der Waals surface area contributed by atoms with Gasteiger partial charge in [-0.05, 0) is 44.0 Å². The molecule has 0 spiro atoms. The number of ether oxygens (including phenoxy) is 2. The van der Waals surface area contributed by atoms with E-state index in [1.54, 1.807) is 13.0 Å². The Labute approximate surface area is 158 Å². The van der Waals surface area contributed by atoms with E-state index in [1.807, 2.05) is 19.9 Å². The van der Waals surface area contributed by atoms with Crippen LogP contribution in [0.25, 0.3) is 0 Å². The van der Waals surface area contributed by atoms with Crippen LogP contribution in [0.15, 0.2) is 12.1 Å². The number of nitrogens with zero attached hydrogens (tertiary/aromatic N) is 2. The van der Waals surface area contributed by atoms with Crippen molar-refractivity contribution in [2.24, 2.45) is 0 Å². The minimum absolute atomic E-state index is 0.0628. The monoisotopic (exact) mass is 376 g/mol. The average Bonchev–Trinajstić information content (AvgIpc) is 2.63. The van der Waals surface area contributed by atoms with Crippen LogP contribution in [0.4, 0.5) is 11.4 Å². The summed E-state index contributed by atoms with van der Waals surface area (Å²) in [5.74, 6) is -1.74. The van der Waals surface area contributed by atoms with Crippen molar-refractivity contribution in [1.82, 2.24) is 0 Å². The molecule has 8 heteroatoms. The maximum absolute atomic E-state index is 12.6. The van der Waals surface area contributed by atoms with E-state index in [0.29, 0.717) is 11.4 Å². The lowest BCUT2D eigenvalue weighted by Gasteiger charge is -2.36. The maximum Gasteiger partial charge on any atom is 0.326 e. The molecule has 0 aromatic heterocycles. The fraction of sp³-hybridized carbons (Fsp3) is 0.474. The number of carbonyl (C=O) groups is 4. The van der Waals surface area contributed by atoms with Crippen LogP contribution >= 0.6 is 0 Å². The minimum atomic E-state index is -0.513. The van der Waals surface area contributed by atoms with Crippen molar-refractivity contribution in [2.75, 3.05) is 36.6 Å². The third-order valence-corrected chi connectivity index (χ3v) is 4.43. The van der Waals surface area contributed by atoms with E-state index in [2.05, 4.69) is 4.74 Å². The van der Waals surface area contributed by atoms with Crippen LogP contribution in [0.3, 0.4) is 0 Å². The molecule has 0 bridgehead atoms. The smallest absolute Gasteiger partial charge is 0.326 e. The second kappa shape index (κ2) is 8.66. The molecule has 0 N–H and O–H groups in total. The zero-order valence-corrected chi connectivity index (χ0v) is 16.0. The zero-order chi connectivity index (χ0) is 20.1. The van der Waals surface area contributed by atoms with Crippen LogP contribution in [0.2, 0.25) is 0 Å². The summed E-state index contributed by atoms with van der Waals surface area (Å²) in [6, 6.07) is 3.59. The molecule has 8 nitrogen and oxygen atoms in total. The highest BCUT2D eigenvalue weighted by molar-refractivity contribution is 6.12. The van der Waals surface area contributed by atoms with Crippen LogP contribution in [0.5, 0.6) is 0 Å². The first-order valence-corrected chi connectivity index (χ1v) is 8.72. The van der Waals surface area contributed by atoms with Crippen LogP contribution in [-0.2, 0) is 28.7 Å². The van der Waals surface area contributed by atoms with Gasteiger partial charge in [0, 0.05) is 6.42 Å². The molecule has 0 saturated heterocycles. The molecule has 1 aliphatic heterocycles. The summed E-state index contributed by atoms with van der Waals surface area (Å²) in [7, 11) is 1.26. The molecular weight excluding hydrogens is 352 g/mol. The van der Waals surface area contributed by atoms with Gasteiger partial charge in [-0.15, -0.1) is 0 Å². The van der Waals surface area contributed by atoms with E-state index < -0.39 is 11.9 Å². The Hall–Kier alpha value is -2.90. The predicted octanol–water partition coefficient (Wildman–Crippen LogP) is 1.50. The van der Waals surface area contributed by atoms with Gasteiger partial charge in [-0.2, -0.15) is 0 Å². The first-order chi connectivity index (χ1) is 12.8. The number of fused-ring (bicyclic) bond motifs is 1. The Morgan fingerprint density at radius 1 is 1.04 bits per heavy atom. The molecule has 1 heterocycles. The molecule has 1 aromatic carbocycles. The van der Waals surface area contributed by atoms with E-state index in [4.69, 9.17) is 4.74 Å². The highest BCUT2D eigenvalue weighted by atomic mass is 16.5. The van der Waals surface area contributed by atoms with Crippen molar-refractivity contribution < 1.29 is 28.7 Å². The second-order valence-corrected chi connectivity index (χ2v) is 6.27. The number of aryl methyl sites for hydroxylation is 2. The Morgan fingerprint density at radius 2 is 1.67 bits per heavy atom. The lowest BCUT2D eigenvalue weighted by molar-refractivity contribution is -0.143. The Kier molecular flexibility index (Phi) is 6.55. The molecule has 0 radical (unpaired) electrons. The first kappa shape index (κ1) is 20.4. The number of hydrogen-bond donors (Lipinski definition) is 0. The Morgan fingerprint density at radius 3 is 2.26 bits per heavy atom. The lowest BCUT2D eigenvalue weighted by atomic mass is 10.0. The van der Waals surface area contributed by atoms with E-state index in [-0.39, 0.29) is 44.4 Å². The number of benzene rings is 1. The number of rotatable bonds is 6. The number of anilines is 2. The van der Waals surface area contributed by atoms with Gasteiger partial charge < -0.3 is 14.4 Å². The number of amides is 2. The van der Waals surface area contributed by atoms with E-state index in [0.717, 1.165) is 11.1 Å². The lowest BCUT2D eigenvalue weighted by Crippen LogP contribution is -2.50. The Bertz CT molecular complexity index is 774. The van der Waals surface area contributed by atoms with Crippen LogP contribution in [-0.4, -0.2) is 50.6 Å². The molecule has 2 amide bonds. The van der Waals surface area contributed by atoms with Crippen LogP contribution < -0.4 is 9.80 Å². The molecule has 1 aliphatic rings. The number of esters is 2. The van der Waals surface area contributed by atoms with Gasteiger partial charge in [-0.25, -0.2) is 0 Å². The largest absolute Gasteiger partial charge is 0.469 e. The van der Waals surface area contributed by atoms with Gasteiger partial charge in [0.25, 0.3) is 0 Å². The summed E-state index contributed by atoms with van der Waals surface area (Å²) in [6.07, 6.45) is -0.128. The van der Waals surface area contributed by atoms with Crippen LogP contribution in [0, 0.1) is 13.8 Å². The summed E-state index contributed by atoms with van der Waals surface area (Å²) in [4.78, 5) is 51.2. The third kappa shape index (κ3) is 4.64. The molecule has 27 heavy (non-hydrogen) atoms. The molecule has 0 fully saturated rings. The predicted molar refractivity (Wildman–Crippen MR) is 98.5 cm³/mol. The maximum atomic E-state index is 12.6. The van der Waals surface area contributed by atoms with Crippen molar-refractivity contribution in [3.05, 3.63) is 23.3 Å². The van der Waals surface area contributed by atoms with Gasteiger partial charge >= 0.3 is 11.9 Å². The second-order valence-electron chi connectivity index (χ2n) is 6.27. The topological polar surface area (TPSA) is 93.2 Å². The van der Waals surface area contributed by atoms with Crippen LogP contribution in [0.1, 0.15) is 30.9 Å². The van der Waals surface area contributed by atoms with Gasteiger partial charge in [-0.1, -0.05) is 0 Å². The molecule has 0 atom stereocenters. The van der Waals surface area contributed by atoms with Gasteiger partial charge in [0.2, 0.25) is 11.8 Å². The van der Waals surface area contributed by atoms with Crippen molar-refractivity contribution in [1.29, 1.82) is 0 Å². The van der Waals surface area contributed by atoms with Gasteiger partial charge in [-0.3, -0.25) is 24.1 Å². The highest BCUT2D eigenvalue weighted by Crippen LogP contribution is 2.36. The summed E-state index contributed by atoms with van der Waals surface area (Å²) in [6.45, 7) is 5.29. The van der Waals surface area contributed by atoms with Crippen molar-refractivity contribution >= 4 is 35.1 Å². The Balaban J connectivity index is 2.36. The molecular formula is C19H24N2O6. The van der Waals surface area contributed by atoms with Crippen molar-refractivity contribution in [3.63, 3.8) is 0 Å². The van der Waals surface area contributed by atoms with Crippen molar-refractivity contribution in [3.8, 4) is 0 Å². The van der Waals surface area contributed by atoms with E-state index in [9.17, 15) is 19.2 Å². The minimum Gasteiger partial charge on any atom is -0.469 e. The molecule has 2 rings (SSSR count). The van der Waals surface area contributed by atoms with Gasteiger partial charge in [0.15, 0.2) is 0 Å². The average molecular weight is 376 g/mol. The number of carbonyl (C=O) groups excluding carboxylic acids is 4. The molecule has 1 aromatic rings. The molecule has 0 aliphatic carbocycles. The number of hydrogen-bond acceptors (Lipinski definition) is 6. The highest BCUT2D eigenvalue weighted by Gasteiger charge is 2.34. The normalized spacial score (nSPS) is 13.3. The fourth-order valence-corrected chi connectivity index (χ4v) is 2.84. The standard InChI is InChI=1S/C19H24N2O6/c1-5-27-19(25)11-21-15-9-13(3)12(2)8-14(15)20(10-17(21)23)16(22)6-7-18(24)26-4/h8-9H,5-7,10-11H2,1-4H3. The van der Waals surface area contributed by atoms with Crippen molar-refractivity contribution in [2.45, 2.75) is 33.6 Å².